The van der Waals surface area contributed by atoms with Gasteiger partial charge in [0.15, 0.2) is 6.61 Å². The Labute approximate surface area is 193 Å². The molecule has 0 radical (unpaired) electrons. The molecule has 2 amide bonds. The van der Waals surface area contributed by atoms with Crippen LogP contribution in [0.2, 0.25) is 0 Å². The van der Waals surface area contributed by atoms with Crippen LogP contribution in [0.25, 0.3) is 0 Å². The van der Waals surface area contributed by atoms with Gasteiger partial charge in [-0.2, -0.15) is 0 Å². The molecule has 8 nitrogen and oxygen atoms in total. The van der Waals surface area contributed by atoms with Gasteiger partial charge < -0.3 is 20.1 Å². The third-order valence-corrected chi connectivity index (χ3v) is 4.69. The zero-order chi connectivity index (χ0) is 24.2. The van der Waals surface area contributed by atoms with Crippen LogP contribution in [0.4, 0.5) is 11.4 Å². The molecule has 0 unspecified atom stereocenters. The number of carbonyl (C=O) groups excluding carboxylic acids is 4. The van der Waals surface area contributed by atoms with Crippen molar-refractivity contribution in [1.82, 2.24) is 0 Å². The second kappa shape index (κ2) is 13.0. The molecule has 0 spiro atoms. The van der Waals surface area contributed by atoms with Crippen LogP contribution in [0.5, 0.6) is 0 Å². The Morgan fingerprint density at radius 2 is 1.67 bits per heavy atom. The Bertz CT molecular complexity index is 1000. The van der Waals surface area contributed by atoms with Crippen LogP contribution in [0.3, 0.4) is 0 Å². The molecular formula is C25H30N2O6. The maximum Gasteiger partial charge on any atom is 0.338 e. The summed E-state index contributed by atoms with van der Waals surface area (Å²) in [6.07, 6.45) is 1.40. The van der Waals surface area contributed by atoms with Gasteiger partial charge in [-0.1, -0.05) is 37.1 Å². The molecule has 0 atom stereocenters. The number of aryl methyl sites for hydroxylation is 2. The van der Waals surface area contributed by atoms with E-state index >= 15 is 0 Å². The van der Waals surface area contributed by atoms with E-state index < -0.39 is 30.4 Å². The summed E-state index contributed by atoms with van der Waals surface area (Å²) in [5, 5.41) is 5.32. The van der Waals surface area contributed by atoms with E-state index in [9.17, 15) is 19.2 Å². The van der Waals surface area contributed by atoms with E-state index in [4.69, 9.17) is 9.47 Å². The van der Waals surface area contributed by atoms with Gasteiger partial charge in [-0.25, -0.2) is 4.79 Å². The lowest BCUT2D eigenvalue weighted by atomic mass is 10.1. The molecular weight excluding hydrogens is 424 g/mol. The minimum atomic E-state index is -0.658. The maximum absolute atomic E-state index is 12.1. The molecule has 0 aromatic heterocycles. The molecule has 0 aliphatic rings. The molecule has 0 heterocycles. The number of esters is 2. The van der Waals surface area contributed by atoms with E-state index in [1.165, 1.54) is 6.07 Å². The minimum absolute atomic E-state index is 0.122. The first-order valence-corrected chi connectivity index (χ1v) is 10.9. The van der Waals surface area contributed by atoms with Crippen molar-refractivity contribution >= 4 is 35.1 Å². The molecule has 8 heteroatoms. The smallest absolute Gasteiger partial charge is 0.338 e. The number of anilines is 2. The second-order valence-corrected chi connectivity index (χ2v) is 7.65. The third-order valence-electron chi connectivity index (χ3n) is 4.69. The topological polar surface area (TPSA) is 111 Å². The summed E-state index contributed by atoms with van der Waals surface area (Å²) in [7, 11) is 0. The molecule has 0 aliphatic carbocycles. The Hall–Kier alpha value is -3.68. The first-order chi connectivity index (χ1) is 15.8. The number of hydrogen-bond acceptors (Lipinski definition) is 6. The van der Waals surface area contributed by atoms with Crippen LogP contribution in [-0.4, -0.2) is 37.0 Å². The molecule has 0 fully saturated rings. The van der Waals surface area contributed by atoms with Crippen LogP contribution in [0.1, 0.15) is 54.1 Å². The molecule has 33 heavy (non-hydrogen) atoms. The summed E-state index contributed by atoms with van der Waals surface area (Å²) in [4.78, 5) is 48.0. The molecule has 2 aromatic carbocycles. The van der Waals surface area contributed by atoms with E-state index in [1.54, 1.807) is 24.3 Å². The highest BCUT2D eigenvalue weighted by atomic mass is 16.5. The normalized spacial score (nSPS) is 10.3. The quantitative estimate of drug-likeness (QED) is 0.390. The average molecular weight is 455 g/mol. The molecule has 2 N–H and O–H groups in total. The number of ether oxygens (including phenoxy) is 2. The van der Waals surface area contributed by atoms with Gasteiger partial charge in [0.25, 0.3) is 5.91 Å². The lowest BCUT2D eigenvalue weighted by Crippen LogP contribution is -2.22. The van der Waals surface area contributed by atoms with Crippen molar-refractivity contribution in [2.24, 2.45) is 0 Å². The number of benzene rings is 2. The van der Waals surface area contributed by atoms with Gasteiger partial charge in [0.05, 0.1) is 18.6 Å². The SMILES string of the molecule is CCCCOC(=O)c1cccc(NC(=O)CCC(=O)OCC(=O)Nc2ccc(C)cc2C)c1. The number of hydrogen-bond donors (Lipinski definition) is 2. The van der Waals surface area contributed by atoms with Gasteiger partial charge in [0, 0.05) is 17.8 Å². The summed E-state index contributed by atoms with van der Waals surface area (Å²) in [5.74, 6) is -1.98. The minimum Gasteiger partial charge on any atom is -0.462 e. The molecule has 2 aromatic rings. The molecule has 0 bridgehead atoms. The number of carbonyl (C=O) groups is 4. The van der Waals surface area contributed by atoms with Crippen LogP contribution in [0.15, 0.2) is 42.5 Å². The van der Waals surface area contributed by atoms with E-state index in [2.05, 4.69) is 10.6 Å². The Kier molecular flexibility index (Phi) is 10.1. The largest absolute Gasteiger partial charge is 0.462 e. The fourth-order valence-corrected chi connectivity index (χ4v) is 2.91. The van der Waals surface area contributed by atoms with Crippen LogP contribution < -0.4 is 10.6 Å². The van der Waals surface area contributed by atoms with Crippen LogP contribution in [0, 0.1) is 13.8 Å². The summed E-state index contributed by atoms with van der Waals surface area (Å²) in [5.41, 5.74) is 3.39. The van der Waals surface area contributed by atoms with Crippen molar-refractivity contribution in [1.29, 1.82) is 0 Å². The van der Waals surface area contributed by atoms with E-state index in [-0.39, 0.29) is 12.8 Å². The van der Waals surface area contributed by atoms with Gasteiger partial charge in [-0.3, -0.25) is 14.4 Å². The Morgan fingerprint density at radius 3 is 2.39 bits per heavy atom. The zero-order valence-electron chi connectivity index (χ0n) is 19.2. The van der Waals surface area contributed by atoms with Crippen molar-refractivity contribution in [3.05, 3.63) is 59.2 Å². The zero-order valence-corrected chi connectivity index (χ0v) is 19.2. The van der Waals surface area contributed by atoms with Gasteiger partial charge in [-0.05, 0) is 50.1 Å². The standard InChI is InChI=1S/C25H30N2O6/c1-4-5-13-32-25(31)19-7-6-8-20(15-19)26-22(28)11-12-24(30)33-16-23(29)27-21-10-9-17(2)14-18(21)3/h6-10,14-15H,4-5,11-13,16H2,1-3H3,(H,26,28)(H,27,29). The highest BCUT2D eigenvalue weighted by Gasteiger charge is 2.13. The monoisotopic (exact) mass is 454 g/mol. The summed E-state index contributed by atoms with van der Waals surface area (Å²) in [6, 6.07) is 12.0. The Balaban J connectivity index is 1.73. The van der Waals surface area contributed by atoms with Crippen molar-refractivity contribution < 1.29 is 28.7 Å². The van der Waals surface area contributed by atoms with Crippen molar-refractivity contribution in [3.8, 4) is 0 Å². The first-order valence-electron chi connectivity index (χ1n) is 10.9. The Morgan fingerprint density at radius 1 is 0.879 bits per heavy atom. The van der Waals surface area contributed by atoms with Crippen molar-refractivity contribution in [2.45, 2.75) is 46.5 Å². The number of amides is 2. The number of rotatable bonds is 11. The number of unbranched alkanes of at least 4 members (excludes halogenated alkanes) is 1. The van der Waals surface area contributed by atoms with Gasteiger partial charge >= 0.3 is 11.9 Å². The van der Waals surface area contributed by atoms with E-state index in [0.717, 1.165) is 24.0 Å². The summed E-state index contributed by atoms with van der Waals surface area (Å²) in [6.45, 7) is 5.74. The summed E-state index contributed by atoms with van der Waals surface area (Å²) >= 11 is 0. The van der Waals surface area contributed by atoms with E-state index in [1.807, 2.05) is 32.9 Å². The molecule has 2 rings (SSSR count). The van der Waals surface area contributed by atoms with Gasteiger partial charge in [0.2, 0.25) is 5.91 Å². The molecule has 0 saturated heterocycles. The lowest BCUT2D eigenvalue weighted by molar-refractivity contribution is -0.147. The second-order valence-electron chi connectivity index (χ2n) is 7.65. The fraction of sp³-hybridized carbons (Fsp3) is 0.360. The predicted molar refractivity (Wildman–Crippen MR) is 125 cm³/mol. The third kappa shape index (κ3) is 9.14. The predicted octanol–water partition coefficient (Wildman–Crippen LogP) is 4.16. The van der Waals surface area contributed by atoms with E-state index in [0.29, 0.717) is 23.5 Å². The molecule has 176 valence electrons. The maximum atomic E-state index is 12.1. The average Bonchev–Trinajstić information content (AvgIpc) is 2.78. The molecule has 0 saturated carbocycles. The highest BCUT2D eigenvalue weighted by Crippen LogP contribution is 2.16. The fourth-order valence-electron chi connectivity index (χ4n) is 2.91. The van der Waals surface area contributed by atoms with Gasteiger partial charge in [-0.15, -0.1) is 0 Å². The molecule has 0 aliphatic heterocycles. The summed E-state index contributed by atoms with van der Waals surface area (Å²) < 4.78 is 10.1. The van der Waals surface area contributed by atoms with Crippen molar-refractivity contribution in [3.63, 3.8) is 0 Å². The van der Waals surface area contributed by atoms with Gasteiger partial charge in [0.1, 0.15) is 0 Å². The number of nitrogens with one attached hydrogen (secondary N) is 2. The lowest BCUT2D eigenvalue weighted by Gasteiger charge is -2.10. The highest BCUT2D eigenvalue weighted by molar-refractivity contribution is 5.96. The van der Waals surface area contributed by atoms with Crippen LogP contribution >= 0.6 is 0 Å². The first kappa shape index (κ1) is 25.6. The van der Waals surface area contributed by atoms with Crippen LogP contribution in [-0.2, 0) is 23.9 Å². The van der Waals surface area contributed by atoms with Crippen molar-refractivity contribution in [2.75, 3.05) is 23.8 Å².